The standard InChI is InChI=1S/C20H25ClN4O6/c1-10(26)29-8-12-6-14(30-11(2)27)17(25(12)19(28)31-20(3,4)5)13-7-22-16-15(13)23-9-24-18(16)21/h7,9,12,14,17,22H,6,8H2,1-5H3/t12-,14+,17-/m0/s1. The van der Waals surface area contributed by atoms with Crippen molar-refractivity contribution in [2.75, 3.05) is 6.61 Å². The molecular weight excluding hydrogens is 428 g/mol. The Bertz CT molecular complexity index is 1000. The highest BCUT2D eigenvalue weighted by Gasteiger charge is 2.49. The lowest BCUT2D eigenvalue weighted by molar-refractivity contribution is -0.147. The van der Waals surface area contributed by atoms with Crippen molar-refractivity contribution in [3.63, 3.8) is 0 Å². The summed E-state index contributed by atoms with van der Waals surface area (Å²) in [5.41, 5.74) is 0.803. The minimum absolute atomic E-state index is 0.0685. The summed E-state index contributed by atoms with van der Waals surface area (Å²) >= 11 is 6.17. The maximum Gasteiger partial charge on any atom is 0.411 e. The summed E-state index contributed by atoms with van der Waals surface area (Å²) in [4.78, 5) is 49.1. The summed E-state index contributed by atoms with van der Waals surface area (Å²) < 4.78 is 16.3. The second kappa shape index (κ2) is 8.70. The lowest BCUT2D eigenvalue weighted by Crippen LogP contribution is -2.44. The van der Waals surface area contributed by atoms with E-state index in [4.69, 9.17) is 25.8 Å². The summed E-state index contributed by atoms with van der Waals surface area (Å²) in [6, 6.07) is -1.31. The van der Waals surface area contributed by atoms with Gasteiger partial charge in [0.05, 0.1) is 11.6 Å². The van der Waals surface area contributed by atoms with Gasteiger partial charge in [-0.2, -0.15) is 0 Å². The number of fused-ring (bicyclic) bond motifs is 1. The van der Waals surface area contributed by atoms with Gasteiger partial charge in [0.1, 0.15) is 36.2 Å². The predicted molar refractivity (Wildman–Crippen MR) is 110 cm³/mol. The second-order valence-electron chi connectivity index (χ2n) is 8.30. The lowest BCUT2D eigenvalue weighted by Gasteiger charge is -2.32. The Morgan fingerprint density at radius 3 is 2.55 bits per heavy atom. The van der Waals surface area contributed by atoms with Crippen LogP contribution in [0.25, 0.3) is 11.0 Å². The number of hydrogen-bond donors (Lipinski definition) is 1. The van der Waals surface area contributed by atoms with E-state index in [9.17, 15) is 14.4 Å². The van der Waals surface area contributed by atoms with Crippen LogP contribution >= 0.6 is 11.6 Å². The molecule has 168 valence electrons. The first kappa shape index (κ1) is 22.8. The minimum atomic E-state index is -0.765. The molecule has 0 aromatic carbocycles. The smallest absolute Gasteiger partial charge is 0.411 e. The number of carbonyl (C=O) groups is 3. The zero-order chi connectivity index (χ0) is 22.9. The third kappa shape index (κ3) is 5.07. The lowest BCUT2D eigenvalue weighted by atomic mass is 10.0. The molecule has 2 aromatic heterocycles. The fourth-order valence-electron chi connectivity index (χ4n) is 3.69. The van der Waals surface area contributed by atoms with Gasteiger partial charge in [0.25, 0.3) is 0 Å². The topological polar surface area (TPSA) is 124 Å². The van der Waals surface area contributed by atoms with Crippen LogP contribution in [0.1, 0.15) is 52.6 Å². The van der Waals surface area contributed by atoms with Crippen LogP contribution in [0.5, 0.6) is 0 Å². The van der Waals surface area contributed by atoms with Gasteiger partial charge in [-0.15, -0.1) is 0 Å². The van der Waals surface area contributed by atoms with E-state index in [2.05, 4.69) is 15.0 Å². The van der Waals surface area contributed by atoms with Crippen LogP contribution in [-0.2, 0) is 23.8 Å². The molecule has 1 amide bonds. The third-order valence-corrected chi connectivity index (χ3v) is 5.00. The number of ether oxygens (including phenoxy) is 3. The summed E-state index contributed by atoms with van der Waals surface area (Å²) in [6.07, 6.45) is 1.88. The van der Waals surface area contributed by atoms with Crippen LogP contribution in [0.15, 0.2) is 12.5 Å². The average molecular weight is 453 g/mol. The normalized spacial score (nSPS) is 21.2. The molecule has 1 saturated heterocycles. The molecule has 31 heavy (non-hydrogen) atoms. The van der Waals surface area contributed by atoms with Crippen LogP contribution in [0, 0.1) is 0 Å². The molecule has 0 saturated carbocycles. The first-order valence-corrected chi connectivity index (χ1v) is 10.1. The van der Waals surface area contributed by atoms with E-state index in [1.807, 2.05) is 0 Å². The highest BCUT2D eigenvalue weighted by Crippen LogP contribution is 2.42. The molecule has 3 heterocycles. The van der Waals surface area contributed by atoms with Crippen molar-refractivity contribution in [1.29, 1.82) is 0 Å². The molecule has 0 bridgehead atoms. The van der Waals surface area contributed by atoms with Crippen LogP contribution in [0.2, 0.25) is 5.15 Å². The zero-order valence-corrected chi connectivity index (χ0v) is 18.7. The van der Waals surface area contributed by atoms with Gasteiger partial charge in [0.2, 0.25) is 0 Å². The van der Waals surface area contributed by atoms with Crippen molar-refractivity contribution in [2.45, 2.75) is 64.8 Å². The van der Waals surface area contributed by atoms with E-state index in [0.29, 0.717) is 16.6 Å². The number of nitrogens with one attached hydrogen (secondary N) is 1. The number of carbonyl (C=O) groups excluding carboxylic acids is 3. The number of likely N-dealkylation sites (tertiary alicyclic amines) is 1. The zero-order valence-electron chi connectivity index (χ0n) is 18.0. The molecule has 0 aliphatic carbocycles. The molecule has 1 aliphatic rings. The Hall–Kier alpha value is -2.88. The highest BCUT2D eigenvalue weighted by molar-refractivity contribution is 6.33. The second-order valence-corrected chi connectivity index (χ2v) is 8.66. The number of H-pyrrole nitrogens is 1. The van der Waals surface area contributed by atoms with Crippen molar-refractivity contribution >= 4 is 40.7 Å². The SMILES string of the molecule is CC(=O)OC[C@@H]1C[C@@H](OC(C)=O)[C@H](c2c[nH]c3c(Cl)ncnc23)N1C(=O)OC(C)(C)C. The maximum absolute atomic E-state index is 13.2. The Balaban J connectivity index is 2.09. The Morgan fingerprint density at radius 2 is 1.94 bits per heavy atom. The predicted octanol–water partition coefficient (Wildman–Crippen LogP) is 3.16. The van der Waals surface area contributed by atoms with E-state index >= 15 is 0 Å². The van der Waals surface area contributed by atoms with E-state index in [1.165, 1.54) is 25.1 Å². The van der Waals surface area contributed by atoms with Crippen molar-refractivity contribution in [3.8, 4) is 0 Å². The van der Waals surface area contributed by atoms with E-state index in [-0.39, 0.29) is 18.2 Å². The van der Waals surface area contributed by atoms with Crippen molar-refractivity contribution < 1.29 is 28.6 Å². The van der Waals surface area contributed by atoms with Gasteiger partial charge >= 0.3 is 18.0 Å². The number of nitrogens with zero attached hydrogens (tertiary/aromatic N) is 3. The molecule has 3 rings (SSSR count). The summed E-state index contributed by atoms with van der Waals surface area (Å²) in [5.74, 6) is -0.983. The Kier molecular flexibility index (Phi) is 6.40. The van der Waals surface area contributed by atoms with Crippen LogP contribution in [0.3, 0.4) is 0 Å². The van der Waals surface area contributed by atoms with Gasteiger partial charge < -0.3 is 19.2 Å². The fraction of sp³-hybridized carbons (Fsp3) is 0.550. The summed E-state index contributed by atoms with van der Waals surface area (Å²) in [5, 5.41) is 0.221. The van der Waals surface area contributed by atoms with Crippen LogP contribution < -0.4 is 0 Å². The number of esters is 2. The first-order chi connectivity index (χ1) is 14.5. The van der Waals surface area contributed by atoms with E-state index in [0.717, 1.165) is 0 Å². The van der Waals surface area contributed by atoms with Gasteiger partial charge in [-0.1, -0.05) is 11.6 Å². The highest BCUT2D eigenvalue weighted by atomic mass is 35.5. The first-order valence-electron chi connectivity index (χ1n) is 9.77. The largest absolute Gasteiger partial charge is 0.464 e. The molecule has 0 radical (unpaired) electrons. The molecule has 2 aromatic rings. The number of aromatic amines is 1. The monoisotopic (exact) mass is 452 g/mol. The van der Waals surface area contributed by atoms with Crippen molar-refractivity contribution in [3.05, 3.63) is 23.2 Å². The molecule has 0 unspecified atom stereocenters. The van der Waals surface area contributed by atoms with Gasteiger partial charge in [0, 0.05) is 32.0 Å². The molecular formula is C20H25ClN4O6. The number of hydrogen-bond acceptors (Lipinski definition) is 8. The number of aromatic nitrogens is 3. The third-order valence-electron chi connectivity index (χ3n) is 4.72. The van der Waals surface area contributed by atoms with Crippen molar-refractivity contribution in [1.82, 2.24) is 19.9 Å². The molecule has 1 aliphatic heterocycles. The molecule has 3 atom stereocenters. The average Bonchev–Trinajstić information content (AvgIpc) is 3.20. The van der Waals surface area contributed by atoms with Gasteiger partial charge in [0.15, 0.2) is 5.15 Å². The molecule has 10 nitrogen and oxygen atoms in total. The van der Waals surface area contributed by atoms with E-state index < -0.39 is 41.8 Å². The summed E-state index contributed by atoms with van der Waals surface area (Å²) in [7, 11) is 0. The summed E-state index contributed by atoms with van der Waals surface area (Å²) in [6.45, 7) is 7.76. The molecule has 0 spiro atoms. The number of rotatable bonds is 4. The Labute approximate surface area is 184 Å². The molecule has 1 fully saturated rings. The fourth-order valence-corrected chi connectivity index (χ4v) is 3.87. The van der Waals surface area contributed by atoms with E-state index in [1.54, 1.807) is 27.0 Å². The van der Waals surface area contributed by atoms with Gasteiger partial charge in [-0.25, -0.2) is 14.8 Å². The van der Waals surface area contributed by atoms with Crippen LogP contribution in [-0.4, -0.2) is 62.2 Å². The van der Waals surface area contributed by atoms with Crippen LogP contribution in [0.4, 0.5) is 4.79 Å². The molecule has 11 heteroatoms. The number of halogens is 1. The number of amides is 1. The quantitative estimate of drug-likeness (QED) is 0.426. The van der Waals surface area contributed by atoms with Gasteiger partial charge in [-0.3, -0.25) is 14.5 Å². The van der Waals surface area contributed by atoms with Crippen molar-refractivity contribution in [2.24, 2.45) is 0 Å². The van der Waals surface area contributed by atoms with Gasteiger partial charge in [-0.05, 0) is 20.8 Å². The minimum Gasteiger partial charge on any atom is -0.464 e. The maximum atomic E-state index is 13.2. The molecule has 1 N–H and O–H groups in total. The Morgan fingerprint density at radius 1 is 1.23 bits per heavy atom.